The monoisotopic (exact) mass is 409 g/mol. The van der Waals surface area contributed by atoms with Crippen LogP contribution in [0.4, 0.5) is 10.6 Å². The zero-order valence-electron chi connectivity index (χ0n) is 15.7. The summed E-state index contributed by atoms with van der Waals surface area (Å²) in [6.07, 6.45) is 4.76. The number of nitriles is 1. The number of rotatable bonds is 2. The number of ether oxygens (including phenoxy) is 1. The summed E-state index contributed by atoms with van der Waals surface area (Å²) in [5.41, 5.74) is 1.94. The first kappa shape index (κ1) is 19.2. The highest BCUT2D eigenvalue weighted by Crippen LogP contribution is 2.43. The molecule has 1 aliphatic carbocycles. The molecule has 1 amide bonds. The second-order valence-corrected chi connectivity index (χ2v) is 7.57. The Morgan fingerprint density at radius 2 is 2.07 bits per heavy atom. The lowest BCUT2D eigenvalue weighted by molar-refractivity contribution is 0.0208. The van der Waals surface area contributed by atoms with Crippen LogP contribution in [0.15, 0.2) is 42.6 Å². The van der Waals surface area contributed by atoms with Gasteiger partial charge in [0.25, 0.3) is 0 Å². The van der Waals surface area contributed by atoms with Gasteiger partial charge in [0.2, 0.25) is 0 Å². The molecule has 1 aliphatic heterocycles. The number of pyridine rings is 1. The highest BCUT2D eigenvalue weighted by atomic mass is 35.5. The quantitative estimate of drug-likeness (QED) is 0.680. The Bertz CT molecular complexity index is 1080. The first-order valence-corrected chi connectivity index (χ1v) is 9.47. The molecule has 7 nitrogen and oxygen atoms in total. The maximum absolute atomic E-state index is 12.4. The molecule has 1 aromatic carbocycles. The fraction of sp³-hybridized carbons (Fsp3) is 0.333. The SMILES string of the molecule is Cl.N#Cc1ccc2[nH]c([C@H]3CC[C@]4(CC3)CN(c3ccccn3)C(=O)O4)nc2c1. The lowest BCUT2D eigenvalue weighted by Gasteiger charge is -2.34. The van der Waals surface area contributed by atoms with Gasteiger partial charge in [0.1, 0.15) is 17.2 Å². The van der Waals surface area contributed by atoms with Crippen LogP contribution in [-0.2, 0) is 4.74 Å². The molecule has 0 bridgehead atoms. The Morgan fingerprint density at radius 1 is 1.24 bits per heavy atom. The van der Waals surface area contributed by atoms with Crippen LogP contribution in [0.5, 0.6) is 0 Å². The van der Waals surface area contributed by atoms with E-state index in [4.69, 9.17) is 15.0 Å². The van der Waals surface area contributed by atoms with Crippen LogP contribution in [0.2, 0.25) is 0 Å². The van der Waals surface area contributed by atoms with Crippen molar-refractivity contribution in [1.29, 1.82) is 5.26 Å². The van der Waals surface area contributed by atoms with Crippen molar-refractivity contribution in [2.24, 2.45) is 0 Å². The van der Waals surface area contributed by atoms with E-state index in [-0.39, 0.29) is 18.5 Å². The molecule has 1 spiro atoms. The van der Waals surface area contributed by atoms with E-state index in [0.29, 0.717) is 23.8 Å². The molecule has 1 saturated carbocycles. The van der Waals surface area contributed by atoms with Gasteiger partial charge in [0.15, 0.2) is 0 Å². The van der Waals surface area contributed by atoms with E-state index in [2.05, 4.69) is 16.0 Å². The smallest absolute Gasteiger partial charge is 0.416 e. The van der Waals surface area contributed by atoms with Crippen molar-refractivity contribution in [2.45, 2.75) is 37.2 Å². The standard InChI is InChI=1S/C21H19N5O2.ClH/c22-12-14-4-5-16-17(11-14)25-19(24-16)15-6-8-21(9-7-15)13-26(20(27)28-21)18-3-1-2-10-23-18;/h1-5,10-11,15H,6-9,13H2,(H,24,25);1H/t15-,21-;. The number of fused-ring (bicyclic) bond motifs is 1. The van der Waals surface area contributed by atoms with E-state index in [9.17, 15) is 4.79 Å². The number of aromatic amines is 1. The molecule has 5 rings (SSSR count). The number of carbonyl (C=O) groups is 1. The molecular formula is C21H20ClN5O2. The molecule has 1 N–H and O–H groups in total. The van der Waals surface area contributed by atoms with Crippen molar-refractivity contribution in [1.82, 2.24) is 15.0 Å². The van der Waals surface area contributed by atoms with Crippen molar-refractivity contribution in [3.05, 3.63) is 54.0 Å². The predicted octanol–water partition coefficient (Wildman–Crippen LogP) is 4.30. The minimum Gasteiger partial charge on any atom is -0.441 e. The van der Waals surface area contributed by atoms with Gasteiger partial charge >= 0.3 is 6.09 Å². The molecule has 3 aromatic rings. The Morgan fingerprint density at radius 3 is 2.79 bits per heavy atom. The second kappa shape index (κ2) is 7.37. The largest absolute Gasteiger partial charge is 0.441 e. The number of halogens is 1. The lowest BCUT2D eigenvalue weighted by Crippen LogP contribution is -2.38. The van der Waals surface area contributed by atoms with Crippen LogP contribution in [0.1, 0.15) is 43.0 Å². The highest BCUT2D eigenvalue weighted by molar-refractivity contribution is 5.89. The number of imidazole rings is 1. The van der Waals surface area contributed by atoms with E-state index in [0.717, 1.165) is 42.5 Å². The molecule has 8 heteroatoms. The molecule has 2 fully saturated rings. The van der Waals surface area contributed by atoms with Crippen LogP contribution in [0.25, 0.3) is 11.0 Å². The number of benzene rings is 1. The Hall–Kier alpha value is -3.11. The zero-order chi connectivity index (χ0) is 19.1. The Labute approximate surface area is 174 Å². The fourth-order valence-corrected chi connectivity index (χ4v) is 4.28. The van der Waals surface area contributed by atoms with Crippen LogP contribution >= 0.6 is 12.4 Å². The van der Waals surface area contributed by atoms with E-state index in [1.807, 2.05) is 30.3 Å². The van der Waals surface area contributed by atoms with Crippen LogP contribution < -0.4 is 4.90 Å². The minimum absolute atomic E-state index is 0. The Kier molecular flexibility index (Phi) is 4.89. The summed E-state index contributed by atoms with van der Waals surface area (Å²) < 4.78 is 5.81. The van der Waals surface area contributed by atoms with Gasteiger partial charge in [0, 0.05) is 12.1 Å². The van der Waals surface area contributed by atoms with Gasteiger partial charge in [0.05, 0.1) is 29.2 Å². The van der Waals surface area contributed by atoms with Crippen molar-refractivity contribution in [3.8, 4) is 6.07 Å². The van der Waals surface area contributed by atoms with E-state index in [1.165, 1.54) is 0 Å². The highest BCUT2D eigenvalue weighted by Gasteiger charge is 2.48. The Balaban J connectivity index is 0.00000205. The summed E-state index contributed by atoms with van der Waals surface area (Å²) in [4.78, 5) is 26.4. The van der Waals surface area contributed by atoms with Crippen molar-refractivity contribution >= 4 is 35.4 Å². The van der Waals surface area contributed by atoms with E-state index >= 15 is 0 Å². The maximum atomic E-state index is 12.4. The number of hydrogen-bond acceptors (Lipinski definition) is 5. The van der Waals surface area contributed by atoms with Gasteiger partial charge in [-0.25, -0.2) is 14.8 Å². The summed E-state index contributed by atoms with van der Waals surface area (Å²) in [7, 11) is 0. The van der Waals surface area contributed by atoms with E-state index < -0.39 is 5.60 Å². The first-order valence-electron chi connectivity index (χ1n) is 9.47. The third-order valence-corrected chi connectivity index (χ3v) is 5.81. The number of anilines is 1. The molecule has 0 atom stereocenters. The van der Waals surface area contributed by atoms with Gasteiger partial charge in [-0.3, -0.25) is 4.90 Å². The van der Waals surface area contributed by atoms with Gasteiger partial charge in [-0.05, 0) is 56.0 Å². The van der Waals surface area contributed by atoms with Crippen molar-refractivity contribution in [3.63, 3.8) is 0 Å². The van der Waals surface area contributed by atoms with E-state index in [1.54, 1.807) is 17.2 Å². The third-order valence-electron chi connectivity index (χ3n) is 5.81. The van der Waals surface area contributed by atoms with Crippen LogP contribution in [0, 0.1) is 11.3 Å². The molecule has 29 heavy (non-hydrogen) atoms. The van der Waals surface area contributed by atoms with Gasteiger partial charge in [-0.2, -0.15) is 5.26 Å². The molecular weight excluding hydrogens is 390 g/mol. The summed E-state index contributed by atoms with van der Waals surface area (Å²) in [5, 5.41) is 9.06. The minimum atomic E-state index is -0.439. The molecule has 0 radical (unpaired) electrons. The molecule has 1 saturated heterocycles. The molecule has 2 aliphatic rings. The summed E-state index contributed by atoms with van der Waals surface area (Å²) >= 11 is 0. The van der Waals surface area contributed by atoms with Crippen LogP contribution in [-0.4, -0.2) is 33.2 Å². The normalized spacial score (nSPS) is 23.6. The number of amides is 1. The van der Waals surface area contributed by atoms with Crippen LogP contribution in [0.3, 0.4) is 0 Å². The average Bonchev–Trinajstić information content (AvgIpc) is 3.29. The zero-order valence-corrected chi connectivity index (χ0v) is 16.5. The number of nitrogens with zero attached hydrogens (tertiary/aromatic N) is 4. The number of aromatic nitrogens is 3. The fourth-order valence-electron chi connectivity index (χ4n) is 4.28. The molecule has 0 unspecified atom stereocenters. The molecule has 2 aromatic heterocycles. The maximum Gasteiger partial charge on any atom is 0.416 e. The second-order valence-electron chi connectivity index (χ2n) is 7.57. The summed E-state index contributed by atoms with van der Waals surface area (Å²) in [5.74, 6) is 1.88. The van der Waals surface area contributed by atoms with Crippen molar-refractivity contribution < 1.29 is 9.53 Å². The van der Waals surface area contributed by atoms with Gasteiger partial charge in [-0.1, -0.05) is 6.07 Å². The molecule has 3 heterocycles. The van der Waals surface area contributed by atoms with Gasteiger partial charge in [-0.15, -0.1) is 12.4 Å². The number of hydrogen-bond donors (Lipinski definition) is 1. The number of carbonyl (C=O) groups excluding carboxylic acids is 1. The third kappa shape index (κ3) is 3.40. The summed E-state index contributed by atoms with van der Waals surface area (Å²) in [6.45, 7) is 0.543. The lowest BCUT2D eigenvalue weighted by atomic mass is 9.78. The number of H-pyrrole nitrogens is 1. The summed E-state index contributed by atoms with van der Waals surface area (Å²) in [6, 6.07) is 13.2. The van der Waals surface area contributed by atoms with Crippen molar-refractivity contribution in [2.75, 3.05) is 11.4 Å². The van der Waals surface area contributed by atoms with Gasteiger partial charge < -0.3 is 9.72 Å². The predicted molar refractivity (Wildman–Crippen MR) is 110 cm³/mol. The number of nitrogens with one attached hydrogen (secondary N) is 1. The molecule has 148 valence electrons. The average molecular weight is 410 g/mol. The topological polar surface area (TPSA) is 94.9 Å². The first-order chi connectivity index (χ1) is 13.7.